The number of anilines is 2. The lowest BCUT2D eigenvalue weighted by atomic mass is 10.1. The quantitative estimate of drug-likeness (QED) is 0.201. The Hall–Kier alpha value is -4.73. The molecule has 0 atom stereocenters. The number of esters is 1. The van der Waals surface area contributed by atoms with Crippen molar-refractivity contribution in [2.75, 3.05) is 17.7 Å². The summed E-state index contributed by atoms with van der Waals surface area (Å²) in [6.45, 7) is 1.63. The summed E-state index contributed by atoms with van der Waals surface area (Å²) >= 11 is 0. The zero-order valence-corrected chi connectivity index (χ0v) is 18.2. The third kappa shape index (κ3) is 6.16. The number of carbonyl (C=O) groups excluding carboxylic acids is 3. The zero-order chi connectivity index (χ0) is 24.7. The number of nitrogens with two attached hydrogens (primary N) is 1. The second kappa shape index (κ2) is 10.7. The summed E-state index contributed by atoms with van der Waals surface area (Å²) in [5.41, 5.74) is 7.36. The maximum atomic E-state index is 12.6. The molecule has 0 aromatic heterocycles. The highest BCUT2D eigenvalue weighted by Gasteiger charge is 2.18. The van der Waals surface area contributed by atoms with E-state index in [1.807, 2.05) is 31.2 Å². The van der Waals surface area contributed by atoms with Gasteiger partial charge in [0, 0.05) is 12.6 Å². The van der Waals surface area contributed by atoms with Gasteiger partial charge in [-0.25, -0.2) is 4.79 Å². The van der Waals surface area contributed by atoms with Crippen LogP contribution in [0.1, 0.15) is 31.8 Å². The van der Waals surface area contributed by atoms with Gasteiger partial charge in [0.2, 0.25) is 0 Å². The van der Waals surface area contributed by atoms with Crippen molar-refractivity contribution >= 4 is 34.8 Å². The van der Waals surface area contributed by atoms with Crippen molar-refractivity contribution in [3.8, 4) is 0 Å². The Kier molecular flexibility index (Phi) is 7.55. The van der Waals surface area contributed by atoms with Crippen LogP contribution in [0.15, 0.2) is 66.7 Å². The van der Waals surface area contributed by atoms with Gasteiger partial charge in [-0.2, -0.15) is 0 Å². The van der Waals surface area contributed by atoms with Gasteiger partial charge in [0.25, 0.3) is 17.5 Å². The number of nitro groups is 1. The Morgan fingerprint density at radius 1 is 1.03 bits per heavy atom. The maximum Gasteiger partial charge on any atom is 0.338 e. The van der Waals surface area contributed by atoms with Gasteiger partial charge in [0.15, 0.2) is 6.61 Å². The number of para-hydroxylation sites is 1. The fourth-order valence-electron chi connectivity index (χ4n) is 3.00. The minimum atomic E-state index is -0.928. The lowest BCUT2D eigenvalue weighted by Crippen LogP contribution is -2.26. The fraction of sp³-hybridized carbons (Fsp3) is 0.125. The molecular weight excluding hydrogens is 440 g/mol. The van der Waals surface area contributed by atoms with Crippen LogP contribution in [0.3, 0.4) is 0 Å². The minimum Gasteiger partial charge on any atom is -0.452 e. The molecule has 0 fully saturated rings. The number of aryl methyl sites for hydroxylation is 1. The van der Waals surface area contributed by atoms with Crippen molar-refractivity contribution < 1.29 is 24.0 Å². The molecule has 4 N–H and O–H groups in total. The van der Waals surface area contributed by atoms with Crippen LogP contribution in [0.25, 0.3) is 0 Å². The first kappa shape index (κ1) is 23.9. The van der Waals surface area contributed by atoms with Gasteiger partial charge >= 0.3 is 5.97 Å². The summed E-state index contributed by atoms with van der Waals surface area (Å²) in [5, 5.41) is 16.3. The predicted octanol–water partition coefficient (Wildman–Crippen LogP) is 3.21. The molecule has 3 rings (SSSR count). The van der Waals surface area contributed by atoms with E-state index >= 15 is 0 Å². The standard InChI is InChI=1S/C24H22N4O6/c1-15-6-8-16(9-7-15)13-26-23(30)18-4-2-3-5-20(18)27-22(29)14-34-24(31)17-10-11-19(25)21(12-17)28(32)33/h2-12H,13-14,25H2,1H3,(H,26,30)(H,27,29). The van der Waals surface area contributed by atoms with Crippen LogP contribution in [0, 0.1) is 17.0 Å². The Morgan fingerprint density at radius 2 is 1.74 bits per heavy atom. The lowest BCUT2D eigenvalue weighted by Gasteiger charge is -2.12. The van der Waals surface area contributed by atoms with Gasteiger partial charge in [-0.1, -0.05) is 42.0 Å². The molecule has 174 valence electrons. The van der Waals surface area contributed by atoms with Crippen molar-refractivity contribution in [3.05, 3.63) is 99.1 Å². The molecule has 34 heavy (non-hydrogen) atoms. The second-order valence-electron chi connectivity index (χ2n) is 7.37. The van der Waals surface area contributed by atoms with Crippen LogP contribution in [0.5, 0.6) is 0 Å². The summed E-state index contributed by atoms with van der Waals surface area (Å²) in [7, 11) is 0. The molecule has 0 unspecified atom stereocenters. The van der Waals surface area contributed by atoms with E-state index in [0.717, 1.165) is 17.2 Å². The number of hydrogen-bond acceptors (Lipinski definition) is 7. The molecule has 0 spiro atoms. The molecule has 3 aromatic carbocycles. The Labute approximate surface area is 194 Å². The topological polar surface area (TPSA) is 154 Å². The lowest BCUT2D eigenvalue weighted by molar-refractivity contribution is -0.383. The summed E-state index contributed by atoms with van der Waals surface area (Å²) in [5.74, 6) is -2.00. The monoisotopic (exact) mass is 462 g/mol. The van der Waals surface area contributed by atoms with Gasteiger partial charge in [-0.05, 0) is 36.8 Å². The van der Waals surface area contributed by atoms with Crippen LogP contribution in [0.4, 0.5) is 17.1 Å². The van der Waals surface area contributed by atoms with Gasteiger partial charge in [-0.15, -0.1) is 0 Å². The normalized spacial score (nSPS) is 10.3. The van der Waals surface area contributed by atoms with Gasteiger partial charge < -0.3 is 21.1 Å². The van der Waals surface area contributed by atoms with E-state index in [1.54, 1.807) is 24.3 Å². The van der Waals surface area contributed by atoms with Crippen molar-refractivity contribution in [2.45, 2.75) is 13.5 Å². The van der Waals surface area contributed by atoms with Gasteiger partial charge in [-0.3, -0.25) is 19.7 Å². The van der Waals surface area contributed by atoms with Crippen molar-refractivity contribution in [1.29, 1.82) is 0 Å². The summed E-state index contributed by atoms with van der Waals surface area (Å²) in [4.78, 5) is 47.4. The zero-order valence-electron chi connectivity index (χ0n) is 18.2. The minimum absolute atomic E-state index is 0.100. The first-order chi connectivity index (χ1) is 16.2. The largest absolute Gasteiger partial charge is 0.452 e. The average Bonchev–Trinajstić information content (AvgIpc) is 2.82. The second-order valence-corrected chi connectivity index (χ2v) is 7.37. The molecule has 0 aliphatic carbocycles. The van der Waals surface area contributed by atoms with Gasteiger partial charge in [0.1, 0.15) is 5.69 Å². The molecule has 0 bridgehead atoms. The van der Waals surface area contributed by atoms with Crippen LogP contribution >= 0.6 is 0 Å². The van der Waals surface area contributed by atoms with E-state index in [9.17, 15) is 24.5 Å². The Morgan fingerprint density at radius 3 is 2.44 bits per heavy atom. The molecule has 0 radical (unpaired) electrons. The van der Waals surface area contributed by atoms with Gasteiger partial charge in [0.05, 0.1) is 21.7 Å². The molecule has 0 aliphatic heterocycles. The molecule has 0 aliphatic rings. The van der Waals surface area contributed by atoms with Crippen molar-refractivity contribution in [2.24, 2.45) is 0 Å². The smallest absolute Gasteiger partial charge is 0.338 e. The first-order valence-corrected chi connectivity index (χ1v) is 10.2. The highest BCUT2D eigenvalue weighted by Crippen LogP contribution is 2.22. The number of nitrogen functional groups attached to an aromatic ring is 1. The fourth-order valence-corrected chi connectivity index (χ4v) is 3.00. The highest BCUT2D eigenvalue weighted by atomic mass is 16.6. The summed E-state index contributed by atoms with van der Waals surface area (Å²) < 4.78 is 4.94. The van der Waals surface area contributed by atoms with Crippen LogP contribution < -0.4 is 16.4 Å². The Bertz CT molecular complexity index is 1240. The molecule has 10 heteroatoms. The number of nitro benzene ring substituents is 1. The van der Waals surface area contributed by atoms with E-state index in [0.29, 0.717) is 6.54 Å². The van der Waals surface area contributed by atoms with Crippen molar-refractivity contribution in [1.82, 2.24) is 5.32 Å². The number of rotatable bonds is 8. The van der Waals surface area contributed by atoms with Crippen molar-refractivity contribution in [3.63, 3.8) is 0 Å². The van der Waals surface area contributed by atoms with E-state index in [2.05, 4.69) is 10.6 Å². The summed E-state index contributed by atoms with van der Waals surface area (Å²) in [6.07, 6.45) is 0. The molecule has 0 saturated heterocycles. The maximum absolute atomic E-state index is 12.6. The van der Waals surface area contributed by atoms with E-state index in [1.165, 1.54) is 12.1 Å². The number of nitrogens with zero attached hydrogens (tertiary/aromatic N) is 1. The molecule has 3 aromatic rings. The number of nitrogens with one attached hydrogen (secondary N) is 2. The average molecular weight is 462 g/mol. The third-order valence-corrected chi connectivity index (χ3v) is 4.82. The number of carbonyl (C=O) groups is 3. The van der Waals surface area contributed by atoms with E-state index < -0.39 is 29.1 Å². The molecule has 0 heterocycles. The molecule has 0 saturated carbocycles. The highest BCUT2D eigenvalue weighted by molar-refractivity contribution is 6.04. The Balaban J connectivity index is 1.59. The summed E-state index contributed by atoms with van der Waals surface area (Å²) in [6, 6.07) is 17.6. The predicted molar refractivity (Wildman–Crippen MR) is 125 cm³/mol. The SMILES string of the molecule is Cc1ccc(CNC(=O)c2ccccc2NC(=O)COC(=O)c2ccc(N)c([N+](=O)[O-])c2)cc1. The molecule has 10 nitrogen and oxygen atoms in total. The number of benzene rings is 3. The van der Waals surface area contributed by atoms with E-state index in [-0.39, 0.29) is 28.4 Å². The van der Waals surface area contributed by atoms with E-state index in [4.69, 9.17) is 10.5 Å². The van der Waals surface area contributed by atoms with Crippen LogP contribution in [-0.4, -0.2) is 29.3 Å². The number of amides is 2. The van der Waals surface area contributed by atoms with Crippen LogP contribution in [-0.2, 0) is 16.1 Å². The molecular formula is C24H22N4O6. The third-order valence-electron chi connectivity index (χ3n) is 4.82. The number of ether oxygens (including phenoxy) is 1. The first-order valence-electron chi connectivity index (χ1n) is 10.2. The van der Waals surface area contributed by atoms with Crippen LogP contribution in [0.2, 0.25) is 0 Å². The molecule has 2 amide bonds. The number of hydrogen-bond donors (Lipinski definition) is 3.